The van der Waals surface area contributed by atoms with E-state index < -0.39 is 10.0 Å². The number of nitrogens with one attached hydrogen (secondary N) is 2. The van der Waals surface area contributed by atoms with Crippen LogP contribution in [0.1, 0.15) is 12.8 Å². The molecule has 10 heteroatoms. The summed E-state index contributed by atoms with van der Waals surface area (Å²) in [5, 5.41) is 5.34. The highest BCUT2D eigenvalue weighted by Crippen LogP contribution is 2.32. The topological polar surface area (TPSA) is 105 Å². The Bertz CT molecular complexity index is 1080. The van der Waals surface area contributed by atoms with Gasteiger partial charge in [0.15, 0.2) is 6.61 Å². The molecule has 0 aromatic heterocycles. The number of rotatable bonds is 4. The van der Waals surface area contributed by atoms with Crippen LogP contribution in [-0.2, 0) is 19.6 Å². The molecule has 2 heterocycles. The number of halogens is 1. The Morgan fingerprint density at radius 1 is 1.13 bits per heavy atom. The van der Waals surface area contributed by atoms with Gasteiger partial charge in [-0.3, -0.25) is 9.59 Å². The molecule has 30 heavy (non-hydrogen) atoms. The molecule has 0 radical (unpaired) electrons. The number of nitrogens with zero attached hydrogens (tertiary/aromatic N) is 1. The van der Waals surface area contributed by atoms with Gasteiger partial charge in [0.2, 0.25) is 15.9 Å². The largest absolute Gasteiger partial charge is 0.482 e. The van der Waals surface area contributed by atoms with Crippen LogP contribution in [0.3, 0.4) is 0 Å². The lowest BCUT2D eigenvalue weighted by Gasteiger charge is -2.31. The van der Waals surface area contributed by atoms with Crippen molar-refractivity contribution in [2.45, 2.75) is 17.7 Å². The number of hydrogen-bond donors (Lipinski definition) is 2. The van der Waals surface area contributed by atoms with E-state index in [9.17, 15) is 22.4 Å². The van der Waals surface area contributed by atoms with E-state index in [0.29, 0.717) is 30.0 Å². The fraction of sp³-hybridized carbons (Fsp3) is 0.300. The van der Waals surface area contributed by atoms with E-state index in [1.165, 1.54) is 46.8 Å². The second kappa shape index (κ2) is 8.04. The zero-order valence-electron chi connectivity index (χ0n) is 15.9. The maximum absolute atomic E-state index is 13.0. The van der Waals surface area contributed by atoms with Gasteiger partial charge in [0.25, 0.3) is 5.91 Å². The summed E-state index contributed by atoms with van der Waals surface area (Å²) in [6.45, 7) is 0.292. The summed E-state index contributed by atoms with van der Waals surface area (Å²) in [5.41, 5.74) is 0.815. The monoisotopic (exact) mass is 433 g/mol. The van der Waals surface area contributed by atoms with Crippen LogP contribution in [0.25, 0.3) is 0 Å². The fourth-order valence-corrected chi connectivity index (χ4v) is 5.00. The summed E-state index contributed by atoms with van der Waals surface area (Å²) in [6, 6.07) is 9.82. The average molecular weight is 433 g/mol. The van der Waals surface area contributed by atoms with Gasteiger partial charge in [-0.05, 0) is 55.3 Å². The Labute approximate surface area is 173 Å². The van der Waals surface area contributed by atoms with E-state index in [1.54, 1.807) is 0 Å². The summed E-state index contributed by atoms with van der Waals surface area (Å²) in [6.07, 6.45) is 0.744. The number of piperidine rings is 1. The maximum atomic E-state index is 13.0. The van der Waals surface area contributed by atoms with Gasteiger partial charge in [0, 0.05) is 24.7 Å². The molecule has 0 saturated carbocycles. The number of carbonyl (C=O) groups excluding carboxylic acids is 2. The Morgan fingerprint density at radius 3 is 2.53 bits per heavy atom. The molecule has 2 aromatic carbocycles. The fourth-order valence-electron chi connectivity index (χ4n) is 3.51. The predicted octanol–water partition coefficient (Wildman–Crippen LogP) is 2.20. The van der Waals surface area contributed by atoms with Crippen molar-refractivity contribution in [2.24, 2.45) is 5.92 Å². The van der Waals surface area contributed by atoms with Gasteiger partial charge in [0.05, 0.1) is 10.6 Å². The van der Waals surface area contributed by atoms with Gasteiger partial charge in [-0.2, -0.15) is 4.31 Å². The second-order valence-electron chi connectivity index (χ2n) is 7.17. The third-order valence-corrected chi connectivity index (χ3v) is 7.05. The first-order valence-electron chi connectivity index (χ1n) is 9.46. The van der Waals surface area contributed by atoms with Gasteiger partial charge in [-0.15, -0.1) is 0 Å². The van der Waals surface area contributed by atoms with Crippen molar-refractivity contribution in [1.29, 1.82) is 0 Å². The molecule has 158 valence electrons. The normalized spacial score (nSPS) is 17.6. The minimum Gasteiger partial charge on any atom is -0.482 e. The van der Waals surface area contributed by atoms with Crippen molar-refractivity contribution >= 4 is 33.2 Å². The van der Waals surface area contributed by atoms with E-state index in [4.69, 9.17) is 4.74 Å². The Balaban J connectivity index is 1.40. The highest BCUT2D eigenvalue weighted by molar-refractivity contribution is 7.89. The number of amides is 2. The van der Waals surface area contributed by atoms with Crippen LogP contribution in [0, 0.1) is 11.7 Å². The van der Waals surface area contributed by atoms with Crippen LogP contribution in [-0.4, -0.2) is 44.2 Å². The van der Waals surface area contributed by atoms with Crippen molar-refractivity contribution in [3.63, 3.8) is 0 Å². The van der Waals surface area contributed by atoms with Crippen molar-refractivity contribution in [3.05, 3.63) is 48.3 Å². The molecule has 2 aliphatic rings. The molecule has 1 fully saturated rings. The van der Waals surface area contributed by atoms with Crippen LogP contribution < -0.4 is 15.4 Å². The molecule has 0 spiro atoms. The molecular weight excluding hydrogens is 413 g/mol. The SMILES string of the molecule is O=C1COc2ccc(S(=O)(=O)N3CCC(C(=O)Nc4ccc(F)cc4)CC3)cc2N1. The molecule has 0 atom stereocenters. The van der Waals surface area contributed by atoms with Gasteiger partial charge in [-0.25, -0.2) is 12.8 Å². The molecule has 0 unspecified atom stereocenters. The molecule has 1 saturated heterocycles. The summed E-state index contributed by atoms with van der Waals surface area (Å²) in [4.78, 5) is 24.0. The van der Waals surface area contributed by atoms with Crippen molar-refractivity contribution in [3.8, 4) is 5.75 Å². The van der Waals surface area contributed by atoms with Crippen LogP contribution in [0.5, 0.6) is 5.75 Å². The van der Waals surface area contributed by atoms with Crippen LogP contribution >= 0.6 is 0 Å². The molecule has 2 aliphatic heterocycles. The predicted molar refractivity (Wildman–Crippen MR) is 107 cm³/mol. The van der Waals surface area contributed by atoms with Crippen LogP contribution in [0.2, 0.25) is 0 Å². The zero-order valence-corrected chi connectivity index (χ0v) is 16.7. The first-order chi connectivity index (χ1) is 14.3. The molecule has 2 N–H and O–H groups in total. The summed E-state index contributed by atoms with van der Waals surface area (Å²) in [7, 11) is -3.77. The molecule has 4 rings (SSSR count). The van der Waals surface area contributed by atoms with E-state index in [0.717, 1.165) is 0 Å². The molecule has 2 amide bonds. The summed E-state index contributed by atoms with van der Waals surface area (Å²) >= 11 is 0. The molecule has 0 bridgehead atoms. The molecule has 2 aromatic rings. The van der Waals surface area contributed by atoms with Crippen molar-refractivity contribution in [2.75, 3.05) is 30.3 Å². The average Bonchev–Trinajstić information content (AvgIpc) is 2.75. The zero-order chi connectivity index (χ0) is 21.3. The number of anilines is 2. The van der Waals surface area contributed by atoms with E-state index >= 15 is 0 Å². The first kappa shape index (κ1) is 20.3. The highest BCUT2D eigenvalue weighted by Gasteiger charge is 2.33. The van der Waals surface area contributed by atoms with Crippen molar-refractivity contribution in [1.82, 2.24) is 4.31 Å². The van der Waals surface area contributed by atoms with Gasteiger partial charge < -0.3 is 15.4 Å². The van der Waals surface area contributed by atoms with Crippen molar-refractivity contribution < 1.29 is 27.1 Å². The van der Waals surface area contributed by atoms with E-state index in [-0.39, 0.29) is 48.1 Å². The van der Waals surface area contributed by atoms with Crippen LogP contribution in [0.15, 0.2) is 47.4 Å². The number of fused-ring (bicyclic) bond motifs is 1. The first-order valence-corrected chi connectivity index (χ1v) is 10.9. The number of ether oxygens (including phenoxy) is 1. The number of benzene rings is 2. The van der Waals surface area contributed by atoms with Gasteiger partial charge in [0.1, 0.15) is 11.6 Å². The Hall–Kier alpha value is -2.98. The third kappa shape index (κ3) is 4.14. The van der Waals surface area contributed by atoms with E-state index in [1.807, 2.05) is 0 Å². The number of hydrogen-bond acceptors (Lipinski definition) is 5. The van der Waals surface area contributed by atoms with Gasteiger partial charge in [-0.1, -0.05) is 0 Å². The minimum absolute atomic E-state index is 0.0567. The Kier molecular flexibility index (Phi) is 5.44. The number of sulfonamides is 1. The molecule has 8 nitrogen and oxygen atoms in total. The minimum atomic E-state index is -3.77. The smallest absolute Gasteiger partial charge is 0.262 e. The lowest BCUT2D eigenvalue weighted by molar-refractivity contribution is -0.121. The van der Waals surface area contributed by atoms with E-state index in [2.05, 4.69) is 10.6 Å². The molecule has 0 aliphatic carbocycles. The lowest BCUT2D eigenvalue weighted by Crippen LogP contribution is -2.41. The quantitative estimate of drug-likeness (QED) is 0.769. The molecular formula is C20H20FN3O5S. The second-order valence-corrected chi connectivity index (χ2v) is 9.11. The summed E-state index contributed by atoms with van der Waals surface area (Å²) in [5.74, 6) is -0.861. The Morgan fingerprint density at radius 2 is 1.83 bits per heavy atom. The summed E-state index contributed by atoms with van der Waals surface area (Å²) < 4.78 is 45.6. The lowest BCUT2D eigenvalue weighted by atomic mass is 9.97. The van der Waals surface area contributed by atoms with Crippen LogP contribution in [0.4, 0.5) is 15.8 Å². The standard InChI is InChI=1S/C20H20FN3O5S/c21-14-1-3-15(4-2-14)22-20(26)13-7-9-24(10-8-13)30(27,28)16-5-6-18-17(11-16)23-19(25)12-29-18/h1-6,11,13H,7-10,12H2,(H,22,26)(H,23,25). The highest BCUT2D eigenvalue weighted by atomic mass is 32.2. The maximum Gasteiger partial charge on any atom is 0.262 e. The third-order valence-electron chi connectivity index (χ3n) is 5.16. The van der Waals surface area contributed by atoms with Gasteiger partial charge >= 0.3 is 0 Å². The number of carbonyl (C=O) groups is 2.